The Balaban J connectivity index is 2.60. The summed E-state index contributed by atoms with van der Waals surface area (Å²) in [6.07, 6.45) is 3.25. The van der Waals surface area contributed by atoms with Crippen LogP contribution in [0.4, 0.5) is 0 Å². The zero-order chi connectivity index (χ0) is 13.6. The van der Waals surface area contributed by atoms with Gasteiger partial charge in [-0.05, 0) is 37.6 Å². The molecule has 0 saturated carbocycles. The van der Waals surface area contributed by atoms with Crippen molar-refractivity contribution < 1.29 is 9.53 Å². The molecule has 1 amide bonds. The average Bonchev–Trinajstić information content (AvgIpc) is 2.36. The topological polar surface area (TPSA) is 64.3 Å². The molecule has 0 aliphatic rings. The molecule has 0 aromatic heterocycles. The van der Waals surface area contributed by atoms with E-state index in [1.807, 2.05) is 38.1 Å². The summed E-state index contributed by atoms with van der Waals surface area (Å²) in [4.78, 5) is 11.6. The molecule has 1 rings (SSSR count). The van der Waals surface area contributed by atoms with Crippen molar-refractivity contribution >= 4 is 12.0 Å². The van der Waals surface area contributed by atoms with E-state index in [2.05, 4.69) is 5.32 Å². The van der Waals surface area contributed by atoms with E-state index in [-0.39, 0.29) is 11.4 Å². The molecule has 0 aliphatic carbocycles. The summed E-state index contributed by atoms with van der Waals surface area (Å²) in [5.74, 6) is 0.641. The number of benzene rings is 1. The Morgan fingerprint density at radius 2 is 2.00 bits per heavy atom. The van der Waals surface area contributed by atoms with Gasteiger partial charge >= 0.3 is 0 Å². The van der Waals surface area contributed by atoms with Crippen molar-refractivity contribution in [3.63, 3.8) is 0 Å². The first-order chi connectivity index (χ1) is 8.46. The number of nitrogens with one attached hydrogen (secondary N) is 1. The Labute approximate surface area is 108 Å². The quantitative estimate of drug-likeness (QED) is 0.777. The summed E-state index contributed by atoms with van der Waals surface area (Å²) in [5.41, 5.74) is 6.09. The van der Waals surface area contributed by atoms with Gasteiger partial charge in [-0.15, -0.1) is 0 Å². The van der Waals surface area contributed by atoms with Crippen LogP contribution in [0.1, 0.15) is 19.4 Å². The lowest BCUT2D eigenvalue weighted by Gasteiger charge is -2.23. The lowest BCUT2D eigenvalue weighted by Crippen LogP contribution is -2.48. The maximum atomic E-state index is 11.6. The average molecular weight is 248 g/mol. The van der Waals surface area contributed by atoms with Gasteiger partial charge in [0.1, 0.15) is 5.75 Å². The van der Waals surface area contributed by atoms with Crippen LogP contribution in [0.15, 0.2) is 30.3 Å². The van der Waals surface area contributed by atoms with Crippen molar-refractivity contribution in [2.75, 3.05) is 13.7 Å². The Morgan fingerprint density at radius 1 is 1.39 bits per heavy atom. The Morgan fingerprint density at radius 3 is 2.50 bits per heavy atom. The molecule has 4 nitrogen and oxygen atoms in total. The fourth-order valence-corrected chi connectivity index (χ4v) is 1.31. The van der Waals surface area contributed by atoms with E-state index in [4.69, 9.17) is 10.5 Å². The lowest BCUT2D eigenvalue weighted by molar-refractivity contribution is -0.117. The van der Waals surface area contributed by atoms with Crippen molar-refractivity contribution in [2.24, 2.45) is 5.73 Å². The summed E-state index contributed by atoms with van der Waals surface area (Å²) < 4.78 is 5.06. The maximum Gasteiger partial charge on any atom is 0.244 e. The summed E-state index contributed by atoms with van der Waals surface area (Å²) in [5, 5.41) is 2.82. The van der Waals surface area contributed by atoms with E-state index in [1.54, 1.807) is 13.2 Å². The fourth-order valence-electron chi connectivity index (χ4n) is 1.31. The van der Waals surface area contributed by atoms with Gasteiger partial charge < -0.3 is 15.8 Å². The number of amides is 1. The molecule has 0 spiro atoms. The highest BCUT2D eigenvalue weighted by Gasteiger charge is 2.16. The molecule has 0 atom stereocenters. The molecule has 1 aromatic rings. The molecular weight excluding hydrogens is 228 g/mol. The molecular formula is C14H20N2O2. The lowest BCUT2D eigenvalue weighted by atomic mass is 10.1. The summed E-state index contributed by atoms with van der Waals surface area (Å²) in [7, 11) is 1.62. The Hall–Kier alpha value is -1.81. The number of rotatable bonds is 5. The standard InChI is InChI=1S/C14H20N2O2/c1-14(2,10-15)16-13(17)9-6-11-4-7-12(18-3)8-5-11/h4-9H,10,15H2,1-3H3,(H,16,17). The molecule has 1 aromatic carbocycles. The second kappa shape index (κ2) is 6.21. The Bertz CT molecular complexity index is 422. The molecule has 0 radical (unpaired) electrons. The van der Waals surface area contributed by atoms with E-state index in [1.165, 1.54) is 6.08 Å². The first-order valence-electron chi connectivity index (χ1n) is 5.81. The Kier molecular flexibility index (Phi) is 4.92. The molecule has 0 heterocycles. The van der Waals surface area contributed by atoms with Crippen LogP contribution >= 0.6 is 0 Å². The largest absolute Gasteiger partial charge is 0.497 e. The third-order valence-electron chi connectivity index (χ3n) is 2.51. The third kappa shape index (κ3) is 4.59. The molecule has 4 heteroatoms. The molecule has 0 unspecified atom stereocenters. The van der Waals surface area contributed by atoms with Gasteiger partial charge in [-0.1, -0.05) is 12.1 Å². The number of nitrogens with two attached hydrogens (primary N) is 1. The summed E-state index contributed by atoms with van der Waals surface area (Å²) in [6.45, 7) is 4.16. The molecule has 98 valence electrons. The minimum absolute atomic E-state index is 0.152. The van der Waals surface area contributed by atoms with Crippen LogP contribution in [0.2, 0.25) is 0 Å². The van der Waals surface area contributed by atoms with Crippen molar-refractivity contribution in [1.82, 2.24) is 5.32 Å². The van der Waals surface area contributed by atoms with Gasteiger partial charge in [0.05, 0.1) is 7.11 Å². The van der Waals surface area contributed by atoms with Gasteiger partial charge in [-0.2, -0.15) is 0 Å². The number of carbonyl (C=O) groups excluding carboxylic acids is 1. The SMILES string of the molecule is COc1ccc(C=CC(=O)NC(C)(C)CN)cc1. The summed E-state index contributed by atoms with van der Waals surface area (Å²) in [6, 6.07) is 7.47. The number of carbonyl (C=O) groups is 1. The zero-order valence-corrected chi connectivity index (χ0v) is 11.1. The molecule has 3 N–H and O–H groups in total. The predicted molar refractivity (Wildman–Crippen MR) is 73.3 cm³/mol. The molecule has 0 fully saturated rings. The highest BCUT2D eigenvalue weighted by atomic mass is 16.5. The minimum atomic E-state index is -0.388. The fraction of sp³-hybridized carbons (Fsp3) is 0.357. The monoisotopic (exact) mass is 248 g/mol. The minimum Gasteiger partial charge on any atom is -0.497 e. The van der Waals surface area contributed by atoms with Crippen LogP contribution in [0, 0.1) is 0 Å². The highest BCUT2D eigenvalue weighted by Crippen LogP contribution is 2.12. The second-order valence-electron chi connectivity index (χ2n) is 4.68. The van der Waals surface area contributed by atoms with Crippen LogP contribution in [-0.2, 0) is 4.79 Å². The van der Waals surface area contributed by atoms with Crippen molar-refractivity contribution in [3.8, 4) is 5.75 Å². The highest BCUT2D eigenvalue weighted by molar-refractivity contribution is 5.92. The van der Waals surface area contributed by atoms with Crippen LogP contribution in [-0.4, -0.2) is 25.1 Å². The van der Waals surface area contributed by atoms with E-state index in [0.29, 0.717) is 6.54 Å². The molecule has 0 bridgehead atoms. The van der Waals surface area contributed by atoms with Crippen molar-refractivity contribution in [1.29, 1.82) is 0 Å². The summed E-state index contributed by atoms with van der Waals surface area (Å²) >= 11 is 0. The first kappa shape index (κ1) is 14.3. The van der Waals surface area contributed by atoms with Crippen LogP contribution < -0.4 is 15.8 Å². The van der Waals surface area contributed by atoms with Crippen molar-refractivity contribution in [3.05, 3.63) is 35.9 Å². The normalized spacial score (nSPS) is 11.6. The van der Waals surface area contributed by atoms with E-state index in [9.17, 15) is 4.79 Å². The second-order valence-corrected chi connectivity index (χ2v) is 4.68. The number of ether oxygens (including phenoxy) is 1. The van der Waals surface area contributed by atoms with E-state index < -0.39 is 0 Å². The predicted octanol–water partition coefficient (Wildman–Crippen LogP) is 1.56. The van der Waals surface area contributed by atoms with Crippen LogP contribution in [0.3, 0.4) is 0 Å². The number of hydrogen-bond acceptors (Lipinski definition) is 3. The van der Waals surface area contributed by atoms with Crippen molar-refractivity contribution in [2.45, 2.75) is 19.4 Å². The molecule has 0 saturated heterocycles. The van der Waals surface area contributed by atoms with Crippen LogP contribution in [0.25, 0.3) is 6.08 Å². The van der Waals surface area contributed by atoms with E-state index >= 15 is 0 Å². The smallest absolute Gasteiger partial charge is 0.244 e. The van der Waals surface area contributed by atoms with E-state index in [0.717, 1.165) is 11.3 Å². The number of methoxy groups -OCH3 is 1. The third-order valence-corrected chi connectivity index (χ3v) is 2.51. The van der Waals surface area contributed by atoms with Gasteiger partial charge in [0.25, 0.3) is 0 Å². The van der Waals surface area contributed by atoms with Gasteiger partial charge in [-0.25, -0.2) is 0 Å². The van der Waals surface area contributed by atoms with Gasteiger partial charge in [0, 0.05) is 18.2 Å². The van der Waals surface area contributed by atoms with Gasteiger partial charge in [-0.3, -0.25) is 4.79 Å². The maximum absolute atomic E-state index is 11.6. The first-order valence-corrected chi connectivity index (χ1v) is 5.81. The van der Waals surface area contributed by atoms with Gasteiger partial charge in [0.15, 0.2) is 0 Å². The molecule has 0 aliphatic heterocycles. The van der Waals surface area contributed by atoms with Gasteiger partial charge in [0.2, 0.25) is 5.91 Å². The number of hydrogen-bond donors (Lipinski definition) is 2. The van der Waals surface area contributed by atoms with Crippen LogP contribution in [0.5, 0.6) is 5.75 Å². The zero-order valence-electron chi connectivity index (χ0n) is 11.1. The molecule has 18 heavy (non-hydrogen) atoms.